The van der Waals surface area contributed by atoms with Crippen LogP contribution < -0.4 is 0 Å². The van der Waals surface area contributed by atoms with Gasteiger partial charge in [-0.3, -0.25) is 4.99 Å². The number of aliphatic imine (C=N–C) groups is 1. The van der Waals surface area contributed by atoms with Crippen molar-refractivity contribution in [2.75, 3.05) is 0 Å². The smallest absolute Gasteiger partial charge is 0.0331 e. The van der Waals surface area contributed by atoms with Gasteiger partial charge in [-0.2, -0.15) is 0 Å². The molecule has 0 bridgehead atoms. The first kappa shape index (κ1) is 9.15. The minimum absolute atomic E-state index is 0.959. The van der Waals surface area contributed by atoms with E-state index >= 15 is 0 Å². The van der Waals surface area contributed by atoms with E-state index in [1.807, 2.05) is 19.1 Å². The summed E-state index contributed by atoms with van der Waals surface area (Å²) in [6, 6.07) is 0. The summed E-state index contributed by atoms with van der Waals surface area (Å²) in [6.07, 6.45) is 7.74. The molecule has 0 heterocycles. The lowest BCUT2D eigenvalue weighted by Gasteiger charge is -1.91. The Morgan fingerprint density at radius 2 is 2.30 bits per heavy atom. The Kier molecular flexibility index (Phi) is 5.74. The van der Waals surface area contributed by atoms with E-state index < -0.39 is 0 Å². The quantitative estimate of drug-likeness (QED) is 0.528. The van der Waals surface area contributed by atoms with E-state index in [4.69, 9.17) is 0 Å². The second-order valence-corrected chi connectivity index (χ2v) is 2.12. The molecule has 0 fully saturated rings. The van der Waals surface area contributed by atoms with Crippen molar-refractivity contribution < 1.29 is 0 Å². The van der Waals surface area contributed by atoms with E-state index in [0.717, 1.165) is 18.5 Å². The van der Waals surface area contributed by atoms with Gasteiger partial charge < -0.3 is 0 Å². The van der Waals surface area contributed by atoms with Gasteiger partial charge in [-0.15, -0.1) is 0 Å². The summed E-state index contributed by atoms with van der Waals surface area (Å²) in [5.41, 5.74) is 0.959. The third-order valence-corrected chi connectivity index (χ3v) is 1.07. The summed E-state index contributed by atoms with van der Waals surface area (Å²) in [7, 11) is 0. The molecule has 56 valence electrons. The largest absolute Gasteiger partial charge is 0.262 e. The first-order valence-corrected chi connectivity index (χ1v) is 3.64. The summed E-state index contributed by atoms with van der Waals surface area (Å²) < 4.78 is 0. The fourth-order valence-electron chi connectivity index (χ4n) is 0.588. The predicted octanol–water partition coefficient (Wildman–Crippen LogP) is 2.95. The van der Waals surface area contributed by atoms with Crippen LogP contribution in [0.1, 0.15) is 26.7 Å². The molecule has 0 radical (unpaired) electrons. The molecule has 0 spiro atoms. The second kappa shape index (κ2) is 6.27. The molecule has 0 aliphatic rings. The molecule has 0 rings (SSSR count). The Bertz CT molecular complexity index is 143. The van der Waals surface area contributed by atoms with Crippen LogP contribution in [-0.4, -0.2) is 6.21 Å². The van der Waals surface area contributed by atoms with Crippen molar-refractivity contribution in [3.8, 4) is 0 Å². The van der Waals surface area contributed by atoms with Crippen molar-refractivity contribution in [1.82, 2.24) is 0 Å². The van der Waals surface area contributed by atoms with Crippen molar-refractivity contribution in [2.45, 2.75) is 26.7 Å². The van der Waals surface area contributed by atoms with Gasteiger partial charge in [0, 0.05) is 11.9 Å². The normalized spacial score (nSPS) is 11.4. The third-order valence-electron chi connectivity index (χ3n) is 1.07. The molecule has 0 aromatic carbocycles. The molecule has 0 aliphatic carbocycles. The van der Waals surface area contributed by atoms with Crippen molar-refractivity contribution in [1.29, 1.82) is 0 Å². The Labute approximate surface area is 63.2 Å². The molecular formula is C9H15N. The molecule has 0 aliphatic heterocycles. The molecule has 0 saturated carbocycles. The number of nitrogens with zero attached hydrogens (tertiary/aromatic N) is 1. The summed E-state index contributed by atoms with van der Waals surface area (Å²) in [5.74, 6) is 0. The Morgan fingerprint density at radius 1 is 1.60 bits per heavy atom. The highest BCUT2D eigenvalue weighted by Crippen LogP contribution is 2.01. The minimum atomic E-state index is 0.959. The van der Waals surface area contributed by atoms with Gasteiger partial charge in [0.15, 0.2) is 0 Å². The standard InChI is InChI=1S/C9H15N/c1-4-6-8-10-9(3)7-5-2/h4,6,8H,3,5,7H2,1-2H3/b6-4-,10-8?. The Hall–Kier alpha value is -0.850. The molecule has 0 atom stereocenters. The molecule has 1 nitrogen and oxygen atoms in total. The van der Waals surface area contributed by atoms with Crippen molar-refractivity contribution in [3.63, 3.8) is 0 Å². The molecule has 0 unspecified atom stereocenters. The number of rotatable bonds is 4. The van der Waals surface area contributed by atoms with Crippen LogP contribution in [0.4, 0.5) is 0 Å². The van der Waals surface area contributed by atoms with E-state index in [0.29, 0.717) is 0 Å². The summed E-state index contributed by atoms with van der Waals surface area (Å²) in [6.45, 7) is 7.87. The van der Waals surface area contributed by atoms with Crippen molar-refractivity contribution in [2.24, 2.45) is 4.99 Å². The highest BCUT2D eigenvalue weighted by Gasteiger charge is 1.83. The summed E-state index contributed by atoms with van der Waals surface area (Å²) >= 11 is 0. The lowest BCUT2D eigenvalue weighted by Crippen LogP contribution is -1.74. The van der Waals surface area contributed by atoms with Crippen LogP contribution in [0.25, 0.3) is 0 Å². The van der Waals surface area contributed by atoms with Gasteiger partial charge in [0.1, 0.15) is 0 Å². The lowest BCUT2D eigenvalue weighted by molar-refractivity contribution is 0.899. The first-order valence-electron chi connectivity index (χ1n) is 3.64. The SMILES string of the molecule is C=C(CCC)N=C/C=C\C. The highest BCUT2D eigenvalue weighted by molar-refractivity contribution is 5.71. The number of hydrogen-bond acceptors (Lipinski definition) is 1. The predicted molar refractivity (Wildman–Crippen MR) is 47.4 cm³/mol. The maximum Gasteiger partial charge on any atom is 0.0331 e. The second-order valence-electron chi connectivity index (χ2n) is 2.12. The fourth-order valence-corrected chi connectivity index (χ4v) is 0.588. The van der Waals surface area contributed by atoms with E-state index in [9.17, 15) is 0 Å². The van der Waals surface area contributed by atoms with Gasteiger partial charge >= 0.3 is 0 Å². The molecule has 0 amide bonds. The zero-order valence-corrected chi connectivity index (χ0v) is 6.80. The molecule has 0 N–H and O–H groups in total. The summed E-state index contributed by atoms with van der Waals surface area (Å²) in [5, 5.41) is 0. The van der Waals surface area contributed by atoms with Crippen LogP contribution in [0, 0.1) is 0 Å². The molecule has 10 heavy (non-hydrogen) atoms. The maximum absolute atomic E-state index is 4.10. The van der Waals surface area contributed by atoms with Crippen LogP contribution in [-0.2, 0) is 0 Å². The van der Waals surface area contributed by atoms with Gasteiger partial charge in [0.25, 0.3) is 0 Å². The van der Waals surface area contributed by atoms with Crippen LogP contribution >= 0.6 is 0 Å². The van der Waals surface area contributed by atoms with Crippen LogP contribution in [0.15, 0.2) is 29.4 Å². The summed E-state index contributed by atoms with van der Waals surface area (Å²) in [4.78, 5) is 4.10. The topological polar surface area (TPSA) is 12.4 Å². The van der Waals surface area contributed by atoms with E-state index in [1.165, 1.54) is 0 Å². The van der Waals surface area contributed by atoms with Crippen LogP contribution in [0.3, 0.4) is 0 Å². The fraction of sp³-hybridized carbons (Fsp3) is 0.444. The zero-order valence-electron chi connectivity index (χ0n) is 6.80. The lowest BCUT2D eigenvalue weighted by atomic mass is 10.3. The van der Waals surface area contributed by atoms with Gasteiger partial charge in [0.05, 0.1) is 0 Å². The first-order chi connectivity index (χ1) is 4.81. The average molecular weight is 137 g/mol. The Morgan fingerprint density at radius 3 is 2.80 bits per heavy atom. The number of allylic oxidation sites excluding steroid dienone is 3. The molecule has 0 aromatic rings. The molecule has 1 heteroatoms. The number of hydrogen-bond donors (Lipinski definition) is 0. The van der Waals surface area contributed by atoms with Gasteiger partial charge in [-0.05, 0) is 19.4 Å². The highest BCUT2D eigenvalue weighted by atomic mass is 14.7. The maximum atomic E-state index is 4.10. The molecule has 0 aromatic heterocycles. The van der Waals surface area contributed by atoms with E-state index in [2.05, 4.69) is 18.5 Å². The third kappa shape index (κ3) is 5.29. The van der Waals surface area contributed by atoms with Crippen LogP contribution in [0.2, 0.25) is 0 Å². The van der Waals surface area contributed by atoms with Gasteiger partial charge in [0.2, 0.25) is 0 Å². The van der Waals surface area contributed by atoms with E-state index in [1.54, 1.807) is 6.21 Å². The van der Waals surface area contributed by atoms with E-state index in [-0.39, 0.29) is 0 Å². The van der Waals surface area contributed by atoms with Gasteiger partial charge in [-0.1, -0.05) is 26.0 Å². The van der Waals surface area contributed by atoms with Crippen LogP contribution in [0.5, 0.6) is 0 Å². The molecule has 0 saturated heterocycles. The van der Waals surface area contributed by atoms with Gasteiger partial charge in [-0.25, -0.2) is 0 Å². The zero-order chi connectivity index (χ0) is 7.82. The average Bonchev–Trinajstić information content (AvgIpc) is 1.89. The monoisotopic (exact) mass is 137 g/mol. The molecular weight excluding hydrogens is 122 g/mol. The van der Waals surface area contributed by atoms with Crippen molar-refractivity contribution in [3.05, 3.63) is 24.4 Å². The van der Waals surface area contributed by atoms with Crippen molar-refractivity contribution >= 4 is 6.21 Å². The Balaban J connectivity index is 3.56. The minimum Gasteiger partial charge on any atom is -0.262 e.